The van der Waals surface area contributed by atoms with E-state index >= 15 is 0 Å². The predicted molar refractivity (Wildman–Crippen MR) is 72.9 cm³/mol. The third-order valence-corrected chi connectivity index (χ3v) is 2.72. The zero-order valence-electron chi connectivity index (χ0n) is 9.90. The van der Waals surface area contributed by atoms with Crippen LogP contribution in [0.4, 0.5) is 5.69 Å². The topological polar surface area (TPSA) is 46.2 Å². The molecular weight excluding hydrogens is 234 g/mol. The summed E-state index contributed by atoms with van der Waals surface area (Å²) in [6.45, 7) is 3.02. The van der Waals surface area contributed by atoms with Crippen LogP contribution in [0, 0.1) is 0 Å². The lowest BCUT2D eigenvalue weighted by Crippen LogP contribution is -2.06. The fourth-order valence-corrected chi connectivity index (χ4v) is 1.71. The number of amides is 1. The van der Waals surface area contributed by atoms with Gasteiger partial charge in [-0.15, -0.1) is 0 Å². The minimum Gasteiger partial charge on any atom is -0.326 e. The molecule has 1 aromatic carbocycles. The molecule has 90 valence electrons. The molecule has 0 saturated carbocycles. The molecule has 0 heterocycles. The zero-order valence-corrected chi connectivity index (χ0v) is 10.7. The lowest BCUT2D eigenvalue weighted by Gasteiger charge is -2.05. The number of benzene rings is 1. The van der Waals surface area contributed by atoms with Gasteiger partial charge in [-0.2, -0.15) is 0 Å². The maximum atomic E-state index is 11.0. The third-order valence-electron chi connectivity index (χ3n) is 1.95. The van der Waals surface area contributed by atoms with Crippen LogP contribution in [-0.4, -0.2) is 16.8 Å². The van der Waals surface area contributed by atoms with Gasteiger partial charge in [0, 0.05) is 25.3 Å². The molecule has 0 aliphatic rings. The Hall–Kier alpha value is -1.55. The Morgan fingerprint density at radius 1 is 1.29 bits per heavy atom. The molecule has 1 rings (SSSR count). The summed E-state index contributed by atoms with van der Waals surface area (Å²) in [5, 5.41) is 2.86. The molecule has 0 aliphatic heterocycles. The molecule has 1 aromatic rings. The monoisotopic (exact) mass is 249 g/mol. The first-order chi connectivity index (χ1) is 8.09. The highest BCUT2D eigenvalue weighted by Crippen LogP contribution is 2.17. The lowest BCUT2D eigenvalue weighted by atomic mass is 10.1. The number of anilines is 1. The van der Waals surface area contributed by atoms with Gasteiger partial charge in [-0.3, -0.25) is 9.59 Å². The standard InChI is InChI=1S/C13H15NO2S/c1-10(15)14-13-8-4-3-6-12(13)7-5-9-17-11(2)16/h3-8H,9H2,1-2H3,(H,14,15). The lowest BCUT2D eigenvalue weighted by molar-refractivity contribution is -0.114. The normalized spacial score (nSPS) is 10.5. The van der Waals surface area contributed by atoms with Crippen LogP contribution in [-0.2, 0) is 9.59 Å². The molecule has 0 aliphatic carbocycles. The largest absolute Gasteiger partial charge is 0.326 e. The van der Waals surface area contributed by atoms with E-state index in [0.29, 0.717) is 5.75 Å². The second-order valence-electron chi connectivity index (χ2n) is 3.47. The summed E-state index contributed by atoms with van der Waals surface area (Å²) in [6.07, 6.45) is 3.81. The Balaban J connectivity index is 2.69. The van der Waals surface area contributed by atoms with Crippen LogP contribution < -0.4 is 5.32 Å². The third kappa shape index (κ3) is 5.36. The predicted octanol–water partition coefficient (Wildman–Crippen LogP) is 2.94. The van der Waals surface area contributed by atoms with Gasteiger partial charge in [0.2, 0.25) is 5.91 Å². The molecule has 0 bridgehead atoms. The van der Waals surface area contributed by atoms with Crippen LogP contribution in [0.3, 0.4) is 0 Å². The quantitative estimate of drug-likeness (QED) is 0.892. The second kappa shape index (κ2) is 6.91. The van der Waals surface area contributed by atoms with Crippen LogP contribution in [0.25, 0.3) is 6.08 Å². The van der Waals surface area contributed by atoms with E-state index in [2.05, 4.69) is 5.32 Å². The number of thioether (sulfide) groups is 1. The van der Waals surface area contributed by atoms with Gasteiger partial charge in [0.05, 0.1) is 0 Å². The fraction of sp³-hybridized carbons (Fsp3) is 0.231. The molecule has 0 spiro atoms. The Kier molecular flexibility index (Phi) is 5.49. The van der Waals surface area contributed by atoms with E-state index in [0.717, 1.165) is 11.3 Å². The summed E-state index contributed by atoms with van der Waals surface area (Å²) < 4.78 is 0. The average Bonchev–Trinajstić information content (AvgIpc) is 2.25. The van der Waals surface area contributed by atoms with Crippen LogP contribution in [0.5, 0.6) is 0 Å². The van der Waals surface area contributed by atoms with Gasteiger partial charge in [0.1, 0.15) is 0 Å². The van der Waals surface area contributed by atoms with Crippen molar-refractivity contribution < 1.29 is 9.59 Å². The van der Waals surface area contributed by atoms with Crippen molar-refractivity contribution in [2.75, 3.05) is 11.1 Å². The first kappa shape index (κ1) is 13.5. The number of nitrogens with one attached hydrogen (secondary N) is 1. The summed E-state index contributed by atoms with van der Waals surface area (Å²) in [6, 6.07) is 7.54. The van der Waals surface area contributed by atoms with Gasteiger partial charge < -0.3 is 5.32 Å². The highest BCUT2D eigenvalue weighted by atomic mass is 32.2. The highest BCUT2D eigenvalue weighted by molar-refractivity contribution is 8.13. The Morgan fingerprint density at radius 3 is 2.65 bits per heavy atom. The van der Waals surface area contributed by atoms with Crippen molar-refractivity contribution in [3.8, 4) is 0 Å². The second-order valence-corrected chi connectivity index (χ2v) is 4.67. The summed E-state index contributed by atoms with van der Waals surface area (Å²) in [5.41, 5.74) is 1.72. The SMILES string of the molecule is CC(=O)Nc1ccccc1C=CCSC(C)=O. The molecule has 0 saturated heterocycles. The number of carbonyl (C=O) groups is 2. The zero-order chi connectivity index (χ0) is 12.7. The van der Waals surface area contributed by atoms with E-state index in [1.165, 1.54) is 18.7 Å². The summed E-state index contributed by atoms with van der Waals surface area (Å²) >= 11 is 1.26. The average molecular weight is 249 g/mol. The van der Waals surface area contributed by atoms with Crippen LogP contribution >= 0.6 is 11.8 Å². The number of hydrogen-bond acceptors (Lipinski definition) is 3. The summed E-state index contributed by atoms with van der Waals surface area (Å²) in [4.78, 5) is 21.7. The van der Waals surface area contributed by atoms with Crippen molar-refractivity contribution in [1.82, 2.24) is 0 Å². The van der Waals surface area contributed by atoms with Crippen molar-refractivity contribution in [3.63, 3.8) is 0 Å². The Labute approximate surface area is 105 Å². The molecular formula is C13H15NO2S. The molecule has 0 unspecified atom stereocenters. The molecule has 17 heavy (non-hydrogen) atoms. The summed E-state index contributed by atoms with van der Waals surface area (Å²) in [5.74, 6) is 0.549. The van der Waals surface area contributed by atoms with Crippen molar-refractivity contribution in [3.05, 3.63) is 35.9 Å². The van der Waals surface area contributed by atoms with Crippen molar-refractivity contribution in [2.24, 2.45) is 0 Å². The van der Waals surface area contributed by atoms with Crippen LogP contribution in [0.15, 0.2) is 30.3 Å². The van der Waals surface area contributed by atoms with Gasteiger partial charge in [-0.1, -0.05) is 42.1 Å². The number of hydrogen-bond donors (Lipinski definition) is 1. The molecule has 4 heteroatoms. The highest BCUT2D eigenvalue weighted by Gasteiger charge is 1.99. The van der Waals surface area contributed by atoms with E-state index in [1.54, 1.807) is 6.92 Å². The van der Waals surface area contributed by atoms with E-state index in [1.807, 2.05) is 36.4 Å². The molecule has 3 nitrogen and oxygen atoms in total. The molecule has 1 N–H and O–H groups in total. The number of carbonyl (C=O) groups excluding carboxylic acids is 2. The maximum Gasteiger partial charge on any atom is 0.221 e. The van der Waals surface area contributed by atoms with Gasteiger partial charge in [-0.05, 0) is 11.6 Å². The first-order valence-electron chi connectivity index (χ1n) is 5.26. The smallest absolute Gasteiger partial charge is 0.221 e. The first-order valence-corrected chi connectivity index (χ1v) is 6.24. The van der Waals surface area contributed by atoms with Crippen LogP contribution in [0.2, 0.25) is 0 Å². The fourth-order valence-electron chi connectivity index (χ4n) is 1.29. The number of para-hydroxylation sites is 1. The molecule has 0 aromatic heterocycles. The molecule has 0 fully saturated rings. The summed E-state index contributed by atoms with van der Waals surface area (Å²) in [7, 11) is 0. The minimum atomic E-state index is -0.0936. The molecule has 1 amide bonds. The molecule has 0 atom stereocenters. The van der Waals surface area contributed by atoms with E-state index in [-0.39, 0.29) is 11.0 Å². The Morgan fingerprint density at radius 2 is 2.00 bits per heavy atom. The minimum absolute atomic E-state index is 0.0936. The van der Waals surface area contributed by atoms with Gasteiger partial charge >= 0.3 is 0 Å². The molecule has 0 radical (unpaired) electrons. The van der Waals surface area contributed by atoms with Gasteiger partial charge in [0.15, 0.2) is 5.12 Å². The van der Waals surface area contributed by atoms with Crippen molar-refractivity contribution >= 4 is 34.5 Å². The van der Waals surface area contributed by atoms with Crippen molar-refractivity contribution in [2.45, 2.75) is 13.8 Å². The Bertz CT molecular complexity index is 441. The van der Waals surface area contributed by atoms with E-state index in [4.69, 9.17) is 0 Å². The van der Waals surface area contributed by atoms with Gasteiger partial charge in [0.25, 0.3) is 0 Å². The van der Waals surface area contributed by atoms with Crippen LogP contribution in [0.1, 0.15) is 19.4 Å². The number of rotatable bonds is 4. The van der Waals surface area contributed by atoms with Crippen molar-refractivity contribution in [1.29, 1.82) is 0 Å². The van der Waals surface area contributed by atoms with E-state index < -0.39 is 0 Å². The van der Waals surface area contributed by atoms with Gasteiger partial charge in [-0.25, -0.2) is 0 Å². The maximum absolute atomic E-state index is 11.0. The van der Waals surface area contributed by atoms with E-state index in [9.17, 15) is 9.59 Å².